The highest BCUT2D eigenvalue weighted by Crippen LogP contribution is 2.22. The summed E-state index contributed by atoms with van der Waals surface area (Å²) in [5.74, 6) is 0.606. The molecular weight excluding hydrogens is 412 g/mol. The highest BCUT2D eigenvalue weighted by Gasteiger charge is 2.33. The minimum atomic E-state index is -3.75. The number of aromatic nitrogens is 2. The van der Waals surface area contributed by atoms with Crippen molar-refractivity contribution >= 4 is 20.0 Å². The average molecular weight is 441 g/mol. The van der Waals surface area contributed by atoms with Gasteiger partial charge in [0.25, 0.3) is 10.0 Å². The summed E-state index contributed by atoms with van der Waals surface area (Å²) in [5, 5.41) is 0.000296. The Morgan fingerprint density at radius 3 is 2.03 bits per heavy atom. The Morgan fingerprint density at radius 1 is 0.931 bits per heavy atom. The minimum Gasteiger partial charge on any atom is -0.337 e. The number of imidazole rings is 1. The molecule has 1 aliphatic rings. The Morgan fingerprint density at radius 2 is 1.52 bits per heavy atom. The molecule has 1 saturated heterocycles. The summed E-state index contributed by atoms with van der Waals surface area (Å²) in [6.45, 7) is 4.58. The van der Waals surface area contributed by atoms with Crippen LogP contribution < -0.4 is 0 Å². The van der Waals surface area contributed by atoms with Crippen LogP contribution in [-0.2, 0) is 33.5 Å². The van der Waals surface area contributed by atoms with Gasteiger partial charge in [-0.2, -0.15) is 8.61 Å². The van der Waals surface area contributed by atoms with E-state index in [1.165, 1.54) is 14.8 Å². The van der Waals surface area contributed by atoms with E-state index in [1.54, 1.807) is 30.7 Å². The average Bonchev–Trinajstić information content (AvgIpc) is 2.88. The third kappa shape index (κ3) is 4.55. The number of benzene rings is 1. The molecule has 0 amide bonds. The molecule has 1 aromatic heterocycles. The Labute approximate surface area is 173 Å². The first-order valence-corrected chi connectivity index (χ1v) is 12.6. The zero-order valence-corrected chi connectivity index (χ0v) is 18.7. The molecule has 0 N–H and O–H groups in total. The summed E-state index contributed by atoms with van der Waals surface area (Å²) in [5.41, 5.74) is 1.10. The van der Waals surface area contributed by atoms with Gasteiger partial charge < -0.3 is 4.57 Å². The summed E-state index contributed by atoms with van der Waals surface area (Å²) in [6, 6.07) is 6.95. The highest BCUT2D eigenvalue weighted by molar-refractivity contribution is 7.89. The number of aryl methyl sites for hydroxylation is 3. The Hall–Kier alpha value is -1.75. The van der Waals surface area contributed by atoms with Gasteiger partial charge in [-0.1, -0.05) is 25.5 Å². The fourth-order valence-electron chi connectivity index (χ4n) is 3.40. The summed E-state index contributed by atoms with van der Waals surface area (Å²) in [6.07, 6.45) is 3.82. The lowest BCUT2D eigenvalue weighted by Gasteiger charge is -2.21. The van der Waals surface area contributed by atoms with E-state index in [2.05, 4.69) is 11.9 Å². The van der Waals surface area contributed by atoms with Crippen LogP contribution in [0.25, 0.3) is 0 Å². The number of nitrogens with zero attached hydrogens (tertiary/aromatic N) is 4. The van der Waals surface area contributed by atoms with E-state index in [0.29, 0.717) is 12.2 Å². The molecule has 0 unspecified atom stereocenters. The molecule has 0 aliphatic carbocycles. The molecule has 0 spiro atoms. The van der Waals surface area contributed by atoms with Gasteiger partial charge in [0.2, 0.25) is 10.0 Å². The van der Waals surface area contributed by atoms with E-state index in [9.17, 15) is 16.8 Å². The topological polar surface area (TPSA) is 92.6 Å². The van der Waals surface area contributed by atoms with Crippen LogP contribution in [0.4, 0.5) is 0 Å². The molecule has 0 bridgehead atoms. The maximum atomic E-state index is 13.0. The minimum absolute atomic E-state index is 0.000296. The van der Waals surface area contributed by atoms with Crippen LogP contribution in [-0.4, -0.2) is 61.2 Å². The largest absolute Gasteiger partial charge is 0.337 e. The quantitative estimate of drug-likeness (QED) is 0.683. The van der Waals surface area contributed by atoms with Crippen molar-refractivity contribution in [2.24, 2.45) is 7.05 Å². The van der Waals surface area contributed by atoms with Gasteiger partial charge in [0.15, 0.2) is 5.03 Å². The van der Waals surface area contributed by atoms with Crippen LogP contribution in [0, 0.1) is 6.92 Å². The van der Waals surface area contributed by atoms with Crippen LogP contribution in [0.15, 0.2) is 40.4 Å². The maximum Gasteiger partial charge on any atom is 0.262 e. The molecular formula is C19H28N4O4S2. The molecule has 8 nitrogen and oxygen atoms in total. The maximum absolute atomic E-state index is 13.0. The molecule has 160 valence electrons. The van der Waals surface area contributed by atoms with Crippen LogP contribution in [0.1, 0.15) is 31.2 Å². The van der Waals surface area contributed by atoms with E-state index in [0.717, 1.165) is 18.4 Å². The molecule has 1 aliphatic heterocycles. The molecule has 2 aromatic rings. The van der Waals surface area contributed by atoms with E-state index in [1.807, 2.05) is 12.1 Å². The fraction of sp³-hybridized carbons (Fsp3) is 0.526. The van der Waals surface area contributed by atoms with Crippen LogP contribution in [0.5, 0.6) is 0 Å². The predicted octanol–water partition coefficient (Wildman–Crippen LogP) is 1.77. The van der Waals surface area contributed by atoms with E-state index < -0.39 is 20.0 Å². The molecule has 29 heavy (non-hydrogen) atoms. The highest BCUT2D eigenvalue weighted by atomic mass is 32.2. The molecule has 0 radical (unpaired) electrons. The van der Waals surface area contributed by atoms with Crippen molar-refractivity contribution in [3.8, 4) is 0 Å². The van der Waals surface area contributed by atoms with Gasteiger partial charge in [0.1, 0.15) is 5.82 Å². The van der Waals surface area contributed by atoms with Gasteiger partial charge in [0.05, 0.1) is 4.90 Å². The fourth-order valence-corrected chi connectivity index (χ4v) is 6.36. The van der Waals surface area contributed by atoms with E-state index in [-0.39, 0.29) is 36.1 Å². The van der Waals surface area contributed by atoms with Crippen molar-refractivity contribution in [2.75, 3.05) is 26.2 Å². The van der Waals surface area contributed by atoms with Crippen molar-refractivity contribution in [1.82, 2.24) is 18.2 Å². The van der Waals surface area contributed by atoms with E-state index >= 15 is 0 Å². The molecule has 1 aromatic carbocycles. The van der Waals surface area contributed by atoms with Crippen molar-refractivity contribution in [3.05, 3.63) is 41.9 Å². The Balaban J connectivity index is 1.76. The lowest BCUT2D eigenvalue weighted by molar-refractivity contribution is 0.403. The zero-order chi connectivity index (χ0) is 21.2. The van der Waals surface area contributed by atoms with Crippen molar-refractivity contribution in [2.45, 2.75) is 43.0 Å². The number of rotatable bonds is 6. The van der Waals surface area contributed by atoms with Gasteiger partial charge >= 0.3 is 0 Å². The van der Waals surface area contributed by atoms with Crippen molar-refractivity contribution in [1.29, 1.82) is 0 Å². The third-order valence-corrected chi connectivity index (χ3v) is 8.89. The van der Waals surface area contributed by atoms with Crippen LogP contribution in [0.2, 0.25) is 0 Å². The monoisotopic (exact) mass is 440 g/mol. The van der Waals surface area contributed by atoms with Gasteiger partial charge in [-0.25, -0.2) is 21.8 Å². The second-order valence-electron chi connectivity index (χ2n) is 7.29. The molecule has 2 heterocycles. The van der Waals surface area contributed by atoms with E-state index in [4.69, 9.17) is 0 Å². The first-order valence-electron chi connectivity index (χ1n) is 9.75. The molecule has 0 saturated carbocycles. The molecule has 10 heteroatoms. The number of hydrogen-bond donors (Lipinski definition) is 0. The second-order valence-corrected chi connectivity index (χ2v) is 11.1. The predicted molar refractivity (Wildman–Crippen MR) is 111 cm³/mol. The van der Waals surface area contributed by atoms with Gasteiger partial charge in [0, 0.05) is 39.4 Å². The van der Waals surface area contributed by atoms with Gasteiger partial charge in [-0.05, 0) is 37.5 Å². The van der Waals surface area contributed by atoms with Crippen LogP contribution in [0.3, 0.4) is 0 Å². The van der Waals surface area contributed by atoms with Gasteiger partial charge in [-0.3, -0.25) is 0 Å². The zero-order valence-electron chi connectivity index (χ0n) is 17.1. The first-order chi connectivity index (χ1) is 13.7. The summed E-state index contributed by atoms with van der Waals surface area (Å²) >= 11 is 0. The standard InChI is InChI=1S/C19H28N4O4S2/c1-4-6-17-7-9-18(10-8-17)28(24,25)22-11-5-12-23(14-13-22)29(26,27)19-15-21(3)16(2)20-19/h7-10,15H,4-6,11-14H2,1-3H3. The molecule has 0 atom stereocenters. The first kappa shape index (κ1) is 21.9. The lowest BCUT2D eigenvalue weighted by atomic mass is 10.1. The summed E-state index contributed by atoms with van der Waals surface area (Å²) < 4.78 is 56.2. The third-order valence-electron chi connectivity index (χ3n) is 5.20. The second kappa shape index (κ2) is 8.55. The normalized spacial score (nSPS) is 17.3. The SMILES string of the molecule is CCCc1ccc(S(=O)(=O)N2CCCN(S(=O)(=O)c3cn(C)c(C)n3)CC2)cc1. The summed E-state index contributed by atoms with van der Waals surface area (Å²) in [7, 11) is -5.67. The molecule has 3 rings (SSSR count). The Kier molecular flexibility index (Phi) is 6.47. The van der Waals surface area contributed by atoms with Crippen molar-refractivity contribution in [3.63, 3.8) is 0 Å². The van der Waals surface area contributed by atoms with Crippen molar-refractivity contribution < 1.29 is 16.8 Å². The number of hydrogen-bond acceptors (Lipinski definition) is 5. The van der Waals surface area contributed by atoms with Gasteiger partial charge in [-0.15, -0.1) is 0 Å². The van der Waals surface area contributed by atoms with Crippen LogP contribution >= 0.6 is 0 Å². The smallest absolute Gasteiger partial charge is 0.262 e. The molecule has 1 fully saturated rings. The summed E-state index contributed by atoms with van der Waals surface area (Å²) in [4.78, 5) is 4.37. The Bertz CT molecular complexity index is 1040. The number of sulfonamides is 2. The lowest BCUT2D eigenvalue weighted by Crippen LogP contribution is -2.37.